The minimum Gasteiger partial charge on any atom is -0.457 e. The summed E-state index contributed by atoms with van der Waals surface area (Å²) in [4.78, 5) is 20.4. The van der Waals surface area contributed by atoms with Crippen LogP contribution in [0.25, 0.3) is 11.0 Å². The van der Waals surface area contributed by atoms with Crippen molar-refractivity contribution in [1.82, 2.24) is 9.97 Å². The third kappa shape index (κ3) is 3.17. The number of ether oxygens (including phenoxy) is 1. The van der Waals surface area contributed by atoms with Crippen molar-refractivity contribution in [2.75, 3.05) is 0 Å². The number of aromatic nitrogens is 2. The quantitative estimate of drug-likeness (QED) is 0.693. The molecule has 0 aliphatic rings. The fourth-order valence-electron chi connectivity index (χ4n) is 1.90. The van der Waals surface area contributed by atoms with Crippen molar-refractivity contribution in [3.05, 3.63) is 71.0 Å². The van der Waals surface area contributed by atoms with Gasteiger partial charge < -0.3 is 4.74 Å². The van der Waals surface area contributed by atoms with Crippen LogP contribution in [0.2, 0.25) is 5.02 Å². The Morgan fingerprint density at radius 3 is 2.48 bits per heavy atom. The Bertz CT molecular complexity index is 788. The molecule has 1 heterocycles. The largest absolute Gasteiger partial charge is 0.457 e. The van der Waals surface area contributed by atoms with E-state index in [0.29, 0.717) is 16.1 Å². The highest BCUT2D eigenvalue weighted by molar-refractivity contribution is 6.30. The average molecular weight is 299 g/mol. The van der Waals surface area contributed by atoms with Gasteiger partial charge in [-0.15, -0.1) is 0 Å². The van der Waals surface area contributed by atoms with Gasteiger partial charge in [0, 0.05) is 17.4 Å². The molecule has 0 bridgehead atoms. The topological polar surface area (TPSA) is 52.1 Å². The summed E-state index contributed by atoms with van der Waals surface area (Å²) in [6.07, 6.45) is 3.20. The van der Waals surface area contributed by atoms with E-state index in [9.17, 15) is 4.79 Å². The maximum absolute atomic E-state index is 12.0. The van der Waals surface area contributed by atoms with Crippen molar-refractivity contribution in [2.24, 2.45) is 0 Å². The lowest BCUT2D eigenvalue weighted by molar-refractivity contribution is 0.0473. The molecule has 2 aromatic carbocycles. The molecule has 0 aliphatic carbocycles. The number of carbonyl (C=O) groups is 1. The van der Waals surface area contributed by atoms with E-state index >= 15 is 0 Å². The van der Waals surface area contributed by atoms with E-state index in [-0.39, 0.29) is 6.61 Å². The van der Waals surface area contributed by atoms with Crippen LogP contribution in [-0.4, -0.2) is 15.9 Å². The molecule has 0 saturated heterocycles. The van der Waals surface area contributed by atoms with Crippen molar-refractivity contribution >= 4 is 28.6 Å². The number of carbonyl (C=O) groups excluding carboxylic acids is 1. The number of benzene rings is 2. The molecule has 104 valence electrons. The molecule has 0 fully saturated rings. The molecule has 0 spiro atoms. The van der Waals surface area contributed by atoms with Crippen molar-refractivity contribution < 1.29 is 9.53 Å². The Hall–Kier alpha value is -2.46. The van der Waals surface area contributed by atoms with Gasteiger partial charge in [-0.05, 0) is 35.9 Å². The normalized spacial score (nSPS) is 10.5. The molecular weight excluding hydrogens is 288 g/mol. The lowest BCUT2D eigenvalue weighted by Crippen LogP contribution is -2.05. The molecule has 21 heavy (non-hydrogen) atoms. The molecule has 1 aromatic heterocycles. The number of fused-ring (bicyclic) bond motifs is 1. The van der Waals surface area contributed by atoms with Gasteiger partial charge in [-0.25, -0.2) is 4.79 Å². The van der Waals surface area contributed by atoms with Crippen LogP contribution in [0.5, 0.6) is 0 Å². The highest BCUT2D eigenvalue weighted by atomic mass is 35.5. The van der Waals surface area contributed by atoms with Crippen LogP contribution in [0.3, 0.4) is 0 Å². The summed E-state index contributed by atoms with van der Waals surface area (Å²) in [7, 11) is 0. The van der Waals surface area contributed by atoms with E-state index in [1.54, 1.807) is 42.7 Å². The van der Waals surface area contributed by atoms with Crippen LogP contribution in [0.4, 0.5) is 0 Å². The predicted molar refractivity (Wildman–Crippen MR) is 80.1 cm³/mol. The smallest absolute Gasteiger partial charge is 0.338 e. The van der Waals surface area contributed by atoms with Crippen LogP contribution in [-0.2, 0) is 11.3 Å². The van der Waals surface area contributed by atoms with Crippen molar-refractivity contribution in [3.8, 4) is 0 Å². The summed E-state index contributed by atoms with van der Waals surface area (Å²) in [5, 5.41) is 0.651. The van der Waals surface area contributed by atoms with Gasteiger partial charge >= 0.3 is 5.97 Å². The minimum absolute atomic E-state index is 0.203. The lowest BCUT2D eigenvalue weighted by Gasteiger charge is -2.05. The molecule has 0 atom stereocenters. The lowest BCUT2D eigenvalue weighted by atomic mass is 10.2. The summed E-state index contributed by atoms with van der Waals surface area (Å²) in [6, 6.07) is 12.3. The van der Waals surface area contributed by atoms with Gasteiger partial charge in [0.05, 0.1) is 16.6 Å². The third-order valence-electron chi connectivity index (χ3n) is 2.99. The zero-order valence-corrected chi connectivity index (χ0v) is 11.7. The van der Waals surface area contributed by atoms with Crippen LogP contribution in [0.1, 0.15) is 15.9 Å². The van der Waals surface area contributed by atoms with E-state index in [4.69, 9.17) is 16.3 Å². The molecule has 3 rings (SSSR count). The maximum atomic E-state index is 12.0. The van der Waals surface area contributed by atoms with Gasteiger partial charge in [0.15, 0.2) is 0 Å². The molecular formula is C16H11ClN2O2. The first-order valence-corrected chi connectivity index (χ1v) is 6.72. The Labute approximate surface area is 126 Å². The van der Waals surface area contributed by atoms with Gasteiger partial charge in [0.25, 0.3) is 0 Å². The first-order valence-electron chi connectivity index (χ1n) is 6.35. The Morgan fingerprint density at radius 2 is 1.71 bits per heavy atom. The van der Waals surface area contributed by atoms with Crippen LogP contribution >= 0.6 is 11.6 Å². The van der Waals surface area contributed by atoms with E-state index < -0.39 is 5.97 Å². The Morgan fingerprint density at radius 1 is 1.00 bits per heavy atom. The van der Waals surface area contributed by atoms with Gasteiger partial charge in [0.2, 0.25) is 0 Å². The molecule has 0 saturated carbocycles. The zero-order valence-electron chi connectivity index (χ0n) is 11.0. The molecule has 5 heteroatoms. The van der Waals surface area contributed by atoms with Gasteiger partial charge in [-0.1, -0.05) is 23.7 Å². The van der Waals surface area contributed by atoms with E-state index in [1.807, 2.05) is 12.1 Å². The van der Waals surface area contributed by atoms with Gasteiger partial charge in [-0.3, -0.25) is 9.97 Å². The number of esters is 1. The second kappa shape index (κ2) is 5.89. The first kappa shape index (κ1) is 13.5. The number of hydrogen-bond acceptors (Lipinski definition) is 4. The Kier molecular flexibility index (Phi) is 3.79. The summed E-state index contributed by atoms with van der Waals surface area (Å²) in [5.41, 5.74) is 2.75. The number of rotatable bonds is 3. The molecule has 0 amide bonds. The summed E-state index contributed by atoms with van der Waals surface area (Å²) in [6.45, 7) is 0.203. The molecule has 3 aromatic rings. The minimum atomic E-state index is -0.391. The summed E-state index contributed by atoms with van der Waals surface area (Å²) in [5.74, 6) is -0.391. The highest BCUT2D eigenvalue weighted by Gasteiger charge is 2.09. The van der Waals surface area contributed by atoms with Crippen LogP contribution < -0.4 is 0 Å². The van der Waals surface area contributed by atoms with Gasteiger partial charge in [-0.2, -0.15) is 0 Å². The molecule has 0 N–H and O–H groups in total. The predicted octanol–water partition coefficient (Wildman–Crippen LogP) is 3.64. The molecule has 0 radical (unpaired) electrons. The number of hydrogen-bond donors (Lipinski definition) is 0. The summed E-state index contributed by atoms with van der Waals surface area (Å²) >= 11 is 5.81. The van der Waals surface area contributed by atoms with Crippen molar-refractivity contribution in [2.45, 2.75) is 6.61 Å². The second-order valence-corrected chi connectivity index (χ2v) is 4.90. The highest BCUT2D eigenvalue weighted by Crippen LogP contribution is 2.14. The van der Waals surface area contributed by atoms with Crippen molar-refractivity contribution in [1.29, 1.82) is 0 Å². The van der Waals surface area contributed by atoms with E-state index in [0.717, 1.165) is 11.1 Å². The number of nitrogens with zero attached hydrogens (tertiary/aromatic N) is 2. The Balaban J connectivity index is 1.73. The molecule has 0 aliphatic heterocycles. The average Bonchev–Trinajstić information content (AvgIpc) is 2.53. The fraction of sp³-hybridized carbons (Fsp3) is 0.0625. The second-order valence-electron chi connectivity index (χ2n) is 4.46. The van der Waals surface area contributed by atoms with Gasteiger partial charge in [0.1, 0.15) is 6.61 Å². The third-order valence-corrected chi connectivity index (χ3v) is 3.24. The number of halogens is 1. The molecule has 0 unspecified atom stereocenters. The SMILES string of the molecule is O=C(OCc1ccc(Cl)cc1)c1ccc2nccnc2c1. The van der Waals surface area contributed by atoms with Crippen LogP contribution in [0, 0.1) is 0 Å². The van der Waals surface area contributed by atoms with E-state index in [2.05, 4.69) is 9.97 Å². The standard InChI is InChI=1S/C16H11ClN2O2/c17-13-4-1-11(2-5-13)10-21-16(20)12-3-6-14-15(9-12)19-8-7-18-14/h1-9H,10H2. The zero-order chi connectivity index (χ0) is 14.7. The maximum Gasteiger partial charge on any atom is 0.338 e. The van der Waals surface area contributed by atoms with Crippen LogP contribution in [0.15, 0.2) is 54.9 Å². The van der Waals surface area contributed by atoms with Crippen molar-refractivity contribution in [3.63, 3.8) is 0 Å². The molecule has 4 nitrogen and oxygen atoms in total. The summed E-state index contributed by atoms with van der Waals surface area (Å²) < 4.78 is 5.27. The first-order chi connectivity index (χ1) is 10.2. The van der Waals surface area contributed by atoms with E-state index in [1.165, 1.54) is 0 Å². The fourth-order valence-corrected chi connectivity index (χ4v) is 2.03. The monoisotopic (exact) mass is 298 g/mol.